The fourth-order valence-corrected chi connectivity index (χ4v) is 0.960. The van der Waals surface area contributed by atoms with Crippen molar-refractivity contribution in [2.75, 3.05) is 6.61 Å². The number of carboxylic acids is 1. The lowest BCUT2D eigenvalue weighted by Gasteiger charge is -2.03. The molecule has 0 amide bonds. The summed E-state index contributed by atoms with van der Waals surface area (Å²) in [6, 6.07) is 2.92. The molecular weight excluding hydrogens is 182 g/mol. The molecule has 0 saturated heterocycles. The summed E-state index contributed by atoms with van der Waals surface area (Å²) >= 11 is 0. The van der Waals surface area contributed by atoms with Gasteiger partial charge in [-0.3, -0.25) is 0 Å². The van der Waals surface area contributed by atoms with Crippen LogP contribution in [0.3, 0.4) is 0 Å². The number of aryl methyl sites for hydroxylation is 1. The number of terminal acetylenes is 1. The molecule has 1 aromatic rings. The summed E-state index contributed by atoms with van der Waals surface area (Å²) < 4.78 is 5.03. The smallest absolute Gasteiger partial charge is 0.337 e. The lowest BCUT2D eigenvalue weighted by atomic mass is 10.2. The number of hydrogen-bond acceptors (Lipinski definition) is 3. The number of rotatable bonds is 3. The number of ether oxygens (including phenoxy) is 1. The van der Waals surface area contributed by atoms with E-state index in [1.807, 2.05) is 0 Å². The van der Waals surface area contributed by atoms with Gasteiger partial charge >= 0.3 is 5.97 Å². The highest BCUT2D eigenvalue weighted by atomic mass is 16.5. The summed E-state index contributed by atoms with van der Waals surface area (Å²) in [5, 5.41) is 8.72. The zero-order valence-corrected chi connectivity index (χ0v) is 7.65. The zero-order valence-electron chi connectivity index (χ0n) is 7.65. The van der Waals surface area contributed by atoms with Crippen molar-refractivity contribution in [2.24, 2.45) is 0 Å². The number of aromatic carboxylic acids is 1. The van der Waals surface area contributed by atoms with Crippen molar-refractivity contribution in [2.45, 2.75) is 6.92 Å². The third-order valence-corrected chi connectivity index (χ3v) is 1.59. The molecule has 72 valence electrons. The summed E-state index contributed by atoms with van der Waals surface area (Å²) in [7, 11) is 0. The first-order valence-electron chi connectivity index (χ1n) is 3.92. The Bertz CT molecular complexity index is 393. The second kappa shape index (κ2) is 4.28. The predicted octanol–water partition coefficient (Wildman–Crippen LogP) is 1.10. The van der Waals surface area contributed by atoms with E-state index in [0.29, 0.717) is 11.6 Å². The SMILES string of the molecule is C#CCOc1ccc(C(=O)O)c(C)n1. The maximum Gasteiger partial charge on any atom is 0.337 e. The van der Waals surface area contributed by atoms with E-state index in [4.69, 9.17) is 16.3 Å². The molecular formula is C10H9NO3. The van der Waals surface area contributed by atoms with Gasteiger partial charge in [-0.25, -0.2) is 9.78 Å². The molecule has 4 heteroatoms. The maximum atomic E-state index is 10.6. The largest absolute Gasteiger partial charge is 0.478 e. The molecule has 0 radical (unpaired) electrons. The van der Waals surface area contributed by atoms with Crippen LogP contribution in [0.2, 0.25) is 0 Å². The lowest BCUT2D eigenvalue weighted by molar-refractivity contribution is 0.0695. The molecule has 1 heterocycles. The fourth-order valence-electron chi connectivity index (χ4n) is 0.960. The number of carbonyl (C=O) groups is 1. The Hall–Kier alpha value is -2.02. The minimum absolute atomic E-state index is 0.124. The molecule has 0 atom stereocenters. The van der Waals surface area contributed by atoms with Gasteiger partial charge in [0.05, 0.1) is 11.3 Å². The van der Waals surface area contributed by atoms with Gasteiger partial charge in [-0.15, -0.1) is 6.42 Å². The molecule has 0 aliphatic carbocycles. The van der Waals surface area contributed by atoms with Crippen LogP contribution in [0.1, 0.15) is 16.1 Å². The van der Waals surface area contributed by atoms with E-state index < -0.39 is 5.97 Å². The van der Waals surface area contributed by atoms with Crippen molar-refractivity contribution < 1.29 is 14.6 Å². The van der Waals surface area contributed by atoms with Crippen molar-refractivity contribution in [1.29, 1.82) is 0 Å². The van der Waals surface area contributed by atoms with E-state index in [2.05, 4.69) is 10.9 Å². The molecule has 0 aromatic carbocycles. The van der Waals surface area contributed by atoms with Crippen LogP contribution in [-0.4, -0.2) is 22.7 Å². The van der Waals surface area contributed by atoms with Crippen LogP contribution in [0.4, 0.5) is 0 Å². The maximum absolute atomic E-state index is 10.6. The second-order valence-corrected chi connectivity index (χ2v) is 2.58. The minimum Gasteiger partial charge on any atom is -0.478 e. The molecule has 0 aliphatic heterocycles. The van der Waals surface area contributed by atoms with Crippen LogP contribution < -0.4 is 4.74 Å². The molecule has 1 aromatic heterocycles. The lowest BCUT2D eigenvalue weighted by Crippen LogP contribution is -2.03. The number of aromatic nitrogens is 1. The van der Waals surface area contributed by atoms with Crippen LogP contribution in [-0.2, 0) is 0 Å². The molecule has 0 spiro atoms. The fraction of sp³-hybridized carbons (Fsp3) is 0.200. The van der Waals surface area contributed by atoms with Gasteiger partial charge in [-0.2, -0.15) is 0 Å². The van der Waals surface area contributed by atoms with Gasteiger partial charge < -0.3 is 9.84 Å². The van der Waals surface area contributed by atoms with Gasteiger partial charge in [-0.05, 0) is 13.0 Å². The molecule has 0 bridgehead atoms. The van der Waals surface area contributed by atoms with Gasteiger partial charge in [0.2, 0.25) is 5.88 Å². The van der Waals surface area contributed by atoms with Gasteiger partial charge in [0.15, 0.2) is 6.61 Å². The topological polar surface area (TPSA) is 59.4 Å². The predicted molar refractivity (Wildman–Crippen MR) is 50.3 cm³/mol. The Morgan fingerprint density at radius 1 is 1.71 bits per heavy atom. The van der Waals surface area contributed by atoms with Crippen LogP contribution in [0.15, 0.2) is 12.1 Å². The monoisotopic (exact) mass is 191 g/mol. The Labute approximate surface area is 81.5 Å². The quantitative estimate of drug-likeness (QED) is 0.727. The Morgan fingerprint density at radius 3 is 2.93 bits per heavy atom. The molecule has 0 fully saturated rings. The van der Waals surface area contributed by atoms with Gasteiger partial charge in [-0.1, -0.05) is 5.92 Å². The number of hydrogen-bond donors (Lipinski definition) is 1. The van der Waals surface area contributed by atoms with Crippen LogP contribution in [0, 0.1) is 19.3 Å². The Balaban J connectivity index is 2.90. The molecule has 1 rings (SSSR count). The van der Waals surface area contributed by atoms with Gasteiger partial charge in [0, 0.05) is 6.07 Å². The van der Waals surface area contributed by atoms with Crippen molar-refractivity contribution in [3.8, 4) is 18.2 Å². The molecule has 0 aliphatic rings. The van der Waals surface area contributed by atoms with Crippen molar-refractivity contribution in [1.82, 2.24) is 4.98 Å². The summed E-state index contributed by atoms with van der Waals surface area (Å²) in [5.74, 6) is 1.63. The first-order chi connectivity index (χ1) is 6.65. The van der Waals surface area contributed by atoms with Crippen LogP contribution in [0.5, 0.6) is 5.88 Å². The summed E-state index contributed by atoms with van der Waals surface area (Å²) in [4.78, 5) is 14.6. The summed E-state index contributed by atoms with van der Waals surface area (Å²) in [6.45, 7) is 1.73. The van der Waals surface area contributed by atoms with Crippen molar-refractivity contribution >= 4 is 5.97 Å². The first kappa shape index (κ1) is 10.1. The van der Waals surface area contributed by atoms with E-state index in [1.54, 1.807) is 6.92 Å². The highest BCUT2D eigenvalue weighted by Gasteiger charge is 2.08. The third kappa shape index (κ3) is 2.23. The third-order valence-electron chi connectivity index (χ3n) is 1.59. The minimum atomic E-state index is -1.00. The first-order valence-corrected chi connectivity index (χ1v) is 3.92. The molecule has 0 saturated carbocycles. The van der Waals surface area contributed by atoms with Crippen molar-refractivity contribution in [3.63, 3.8) is 0 Å². The molecule has 14 heavy (non-hydrogen) atoms. The summed E-state index contributed by atoms with van der Waals surface area (Å²) in [6.07, 6.45) is 5.00. The Morgan fingerprint density at radius 2 is 2.43 bits per heavy atom. The van der Waals surface area contributed by atoms with E-state index in [1.165, 1.54) is 12.1 Å². The van der Waals surface area contributed by atoms with E-state index in [0.717, 1.165) is 0 Å². The average Bonchev–Trinajstić information content (AvgIpc) is 2.14. The van der Waals surface area contributed by atoms with Gasteiger partial charge in [0.1, 0.15) is 0 Å². The van der Waals surface area contributed by atoms with Gasteiger partial charge in [0.25, 0.3) is 0 Å². The normalized spacial score (nSPS) is 9.14. The van der Waals surface area contributed by atoms with Crippen molar-refractivity contribution in [3.05, 3.63) is 23.4 Å². The average molecular weight is 191 g/mol. The van der Waals surface area contributed by atoms with E-state index in [-0.39, 0.29) is 12.2 Å². The molecule has 0 unspecified atom stereocenters. The molecule has 4 nitrogen and oxygen atoms in total. The highest BCUT2D eigenvalue weighted by molar-refractivity contribution is 5.88. The Kier molecular flexibility index (Phi) is 3.08. The number of pyridine rings is 1. The second-order valence-electron chi connectivity index (χ2n) is 2.58. The highest BCUT2D eigenvalue weighted by Crippen LogP contribution is 2.12. The molecule has 1 N–H and O–H groups in total. The van der Waals surface area contributed by atoms with E-state index in [9.17, 15) is 4.79 Å². The summed E-state index contributed by atoms with van der Waals surface area (Å²) in [5.41, 5.74) is 0.574. The van der Waals surface area contributed by atoms with Crippen LogP contribution in [0.25, 0.3) is 0 Å². The number of nitrogens with zero attached hydrogens (tertiary/aromatic N) is 1. The standard InChI is InChI=1S/C10H9NO3/c1-3-6-14-9-5-4-8(10(12)13)7(2)11-9/h1,4-5H,6H2,2H3,(H,12,13). The zero-order chi connectivity index (χ0) is 10.6. The van der Waals surface area contributed by atoms with E-state index >= 15 is 0 Å². The van der Waals surface area contributed by atoms with Crippen LogP contribution >= 0.6 is 0 Å². The number of carboxylic acid groups (broad SMARTS) is 1.